The van der Waals surface area contributed by atoms with Crippen molar-refractivity contribution in [2.75, 3.05) is 20.2 Å². The van der Waals surface area contributed by atoms with E-state index in [1.165, 1.54) is 64.3 Å². The van der Waals surface area contributed by atoms with Gasteiger partial charge >= 0.3 is 0 Å². The molecule has 3 fully saturated rings. The van der Waals surface area contributed by atoms with Crippen LogP contribution in [0.2, 0.25) is 0 Å². The predicted molar refractivity (Wildman–Crippen MR) is 78.4 cm³/mol. The van der Waals surface area contributed by atoms with Crippen molar-refractivity contribution in [1.82, 2.24) is 10.2 Å². The lowest BCUT2D eigenvalue weighted by Gasteiger charge is -2.39. The van der Waals surface area contributed by atoms with E-state index in [4.69, 9.17) is 4.74 Å². The number of nitrogens with zero attached hydrogens (tertiary/aromatic N) is 1. The topological polar surface area (TPSA) is 24.5 Å². The Balaban J connectivity index is 1.41. The maximum absolute atomic E-state index is 6.11. The first-order valence-corrected chi connectivity index (χ1v) is 8.41. The third kappa shape index (κ3) is 3.32. The van der Waals surface area contributed by atoms with Gasteiger partial charge in [-0.1, -0.05) is 19.3 Å². The van der Waals surface area contributed by atoms with Crippen LogP contribution in [0.15, 0.2) is 0 Å². The van der Waals surface area contributed by atoms with Crippen LogP contribution in [0.5, 0.6) is 0 Å². The van der Waals surface area contributed by atoms with Crippen molar-refractivity contribution in [1.29, 1.82) is 0 Å². The number of nitrogens with one attached hydrogen (secondary N) is 1. The lowest BCUT2D eigenvalue weighted by atomic mass is 9.97. The number of rotatable bonds is 5. The van der Waals surface area contributed by atoms with Crippen molar-refractivity contribution >= 4 is 0 Å². The van der Waals surface area contributed by atoms with E-state index in [1.807, 2.05) is 0 Å². The van der Waals surface area contributed by atoms with E-state index in [1.54, 1.807) is 0 Å². The quantitative estimate of drug-likeness (QED) is 0.827. The second kappa shape index (κ2) is 6.55. The minimum Gasteiger partial charge on any atom is -0.377 e. The smallest absolute Gasteiger partial charge is 0.0597 e. The Labute approximate surface area is 118 Å². The van der Waals surface area contributed by atoms with Crippen LogP contribution < -0.4 is 5.32 Å². The zero-order chi connectivity index (χ0) is 13.1. The molecule has 2 unspecified atom stereocenters. The summed E-state index contributed by atoms with van der Waals surface area (Å²) in [6.07, 6.45) is 12.9. The van der Waals surface area contributed by atoms with Crippen LogP contribution in [0, 0.1) is 0 Å². The summed E-state index contributed by atoms with van der Waals surface area (Å²) in [5.74, 6) is 0. The molecule has 2 heterocycles. The molecule has 0 aromatic heterocycles. The average Bonchev–Trinajstić information content (AvgIpc) is 2.70. The van der Waals surface area contributed by atoms with E-state index in [9.17, 15) is 0 Å². The standard InChI is InChI=1S/C16H30N2O/c1-17-13-11-14-7-8-15(12-13)18(14)9-10-19-16-5-3-2-4-6-16/h13-17H,2-12H2,1H3. The molecule has 1 N–H and O–H groups in total. The lowest BCUT2D eigenvalue weighted by Crippen LogP contribution is -2.49. The highest BCUT2D eigenvalue weighted by molar-refractivity contribution is 4.97. The molecular weight excluding hydrogens is 236 g/mol. The van der Waals surface area contributed by atoms with Gasteiger partial charge in [0.2, 0.25) is 0 Å². The van der Waals surface area contributed by atoms with Crippen molar-refractivity contribution in [3.05, 3.63) is 0 Å². The molecule has 1 saturated carbocycles. The summed E-state index contributed by atoms with van der Waals surface area (Å²) in [4.78, 5) is 2.75. The van der Waals surface area contributed by atoms with Crippen LogP contribution in [0.1, 0.15) is 57.8 Å². The first kappa shape index (κ1) is 13.8. The molecule has 0 amide bonds. The molecule has 2 atom stereocenters. The second-order valence-electron chi connectivity index (χ2n) is 6.71. The summed E-state index contributed by atoms with van der Waals surface area (Å²) in [5.41, 5.74) is 0. The van der Waals surface area contributed by atoms with Gasteiger partial charge < -0.3 is 10.1 Å². The van der Waals surface area contributed by atoms with E-state index in [0.717, 1.165) is 24.7 Å². The maximum Gasteiger partial charge on any atom is 0.0597 e. The van der Waals surface area contributed by atoms with Gasteiger partial charge in [-0.2, -0.15) is 0 Å². The van der Waals surface area contributed by atoms with Gasteiger partial charge in [0.15, 0.2) is 0 Å². The van der Waals surface area contributed by atoms with Gasteiger partial charge in [-0.3, -0.25) is 4.90 Å². The van der Waals surface area contributed by atoms with E-state index in [2.05, 4.69) is 17.3 Å². The Morgan fingerprint density at radius 3 is 2.32 bits per heavy atom. The normalized spacial score (nSPS) is 36.8. The van der Waals surface area contributed by atoms with E-state index < -0.39 is 0 Å². The fourth-order valence-electron chi connectivity index (χ4n) is 4.43. The molecule has 0 aromatic carbocycles. The van der Waals surface area contributed by atoms with E-state index in [0.29, 0.717) is 6.10 Å². The maximum atomic E-state index is 6.11. The summed E-state index contributed by atoms with van der Waals surface area (Å²) in [6, 6.07) is 2.41. The molecule has 0 aromatic rings. The molecular formula is C16H30N2O. The monoisotopic (exact) mass is 266 g/mol. The highest BCUT2D eigenvalue weighted by Crippen LogP contribution is 2.35. The fourth-order valence-corrected chi connectivity index (χ4v) is 4.43. The van der Waals surface area contributed by atoms with Gasteiger partial charge in [0.1, 0.15) is 0 Å². The van der Waals surface area contributed by atoms with E-state index in [-0.39, 0.29) is 0 Å². The molecule has 110 valence electrons. The Morgan fingerprint density at radius 2 is 1.68 bits per heavy atom. The lowest BCUT2D eigenvalue weighted by molar-refractivity contribution is 0.00152. The third-order valence-electron chi connectivity index (χ3n) is 5.55. The highest BCUT2D eigenvalue weighted by Gasteiger charge is 2.39. The summed E-state index contributed by atoms with van der Waals surface area (Å²) >= 11 is 0. The van der Waals surface area contributed by atoms with Gasteiger partial charge in [0, 0.05) is 24.7 Å². The van der Waals surface area contributed by atoms with Gasteiger partial charge in [-0.15, -0.1) is 0 Å². The van der Waals surface area contributed by atoms with Crippen molar-refractivity contribution in [2.24, 2.45) is 0 Å². The van der Waals surface area contributed by atoms with Crippen molar-refractivity contribution < 1.29 is 4.74 Å². The second-order valence-corrected chi connectivity index (χ2v) is 6.71. The zero-order valence-electron chi connectivity index (χ0n) is 12.4. The van der Waals surface area contributed by atoms with Crippen molar-refractivity contribution in [3.63, 3.8) is 0 Å². The van der Waals surface area contributed by atoms with Crippen molar-refractivity contribution in [3.8, 4) is 0 Å². The third-order valence-corrected chi connectivity index (χ3v) is 5.55. The highest BCUT2D eigenvalue weighted by atomic mass is 16.5. The SMILES string of the molecule is CNC1CC2CCC(C1)N2CCOC1CCCCC1. The van der Waals surface area contributed by atoms with Gasteiger partial charge in [-0.05, 0) is 45.6 Å². The van der Waals surface area contributed by atoms with Crippen LogP contribution in [0.25, 0.3) is 0 Å². The minimum absolute atomic E-state index is 0.571. The van der Waals surface area contributed by atoms with Crippen LogP contribution in [-0.2, 0) is 4.74 Å². The Morgan fingerprint density at radius 1 is 1.00 bits per heavy atom. The van der Waals surface area contributed by atoms with Crippen molar-refractivity contribution in [2.45, 2.75) is 82.0 Å². The molecule has 2 aliphatic heterocycles. The number of ether oxygens (including phenoxy) is 1. The fraction of sp³-hybridized carbons (Fsp3) is 1.00. The number of piperidine rings is 1. The van der Waals surface area contributed by atoms with Crippen LogP contribution >= 0.6 is 0 Å². The molecule has 1 aliphatic carbocycles. The summed E-state index contributed by atoms with van der Waals surface area (Å²) in [7, 11) is 2.12. The summed E-state index contributed by atoms with van der Waals surface area (Å²) in [6.45, 7) is 2.13. The molecule has 19 heavy (non-hydrogen) atoms. The van der Waals surface area contributed by atoms with E-state index >= 15 is 0 Å². The number of fused-ring (bicyclic) bond motifs is 2. The number of hydrogen-bond donors (Lipinski definition) is 1. The molecule has 0 radical (unpaired) electrons. The predicted octanol–water partition coefficient (Wildman–Crippen LogP) is 2.55. The molecule has 3 heteroatoms. The Kier molecular flexibility index (Phi) is 4.78. The molecule has 3 nitrogen and oxygen atoms in total. The molecule has 0 spiro atoms. The average molecular weight is 266 g/mol. The Bertz CT molecular complexity index is 264. The largest absolute Gasteiger partial charge is 0.377 e. The first-order valence-electron chi connectivity index (χ1n) is 8.41. The zero-order valence-corrected chi connectivity index (χ0v) is 12.4. The summed E-state index contributed by atoms with van der Waals surface area (Å²) in [5, 5.41) is 3.48. The molecule has 2 bridgehead atoms. The summed E-state index contributed by atoms with van der Waals surface area (Å²) < 4.78 is 6.11. The van der Waals surface area contributed by atoms with Crippen LogP contribution in [0.3, 0.4) is 0 Å². The molecule has 3 rings (SSSR count). The van der Waals surface area contributed by atoms with Crippen LogP contribution in [0.4, 0.5) is 0 Å². The van der Waals surface area contributed by atoms with Gasteiger partial charge in [0.05, 0.1) is 12.7 Å². The number of hydrogen-bond acceptors (Lipinski definition) is 3. The Hall–Kier alpha value is -0.120. The molecule has 2 saturated heterocycles. The van der Waals surface area contributed by atoms with Gasteiger partial charge in [0.25, 0.3) is 0 Å². The van der Waals surface area contributed by atoms with Gasteiger partial charge in [-0.25, -0.2) is 0 Å². The first-order chi connectivity index (χ1) is 9.36. The minimum atomic E-state index is 0.571. The van der Waals surface area contributed by atoms with Crippen LogP contribution in [-0.4, -0.2) is 49.3 Å². The molecule has 3 aliphatic rings.